The van der Waals surface area contributed by atoms with Crippen molar-refractivity contribution in [1.29, 1.82) is 0 Å². The smallest absolute Gasteiger partial charge is 0.211 e. The number of piperidine rings is 1. The van der Waals surface area contributed by atoms with Crippen LogP contribution in [0.4, 0.5) is 0 Å². The van der Waals surface area contributed by atoms with Crippen molar-refractivity contribution >= 4 is 16.0 Å². The van der Waals surface area contributed by atoms with E-state index in [-0.39, 0.29) is 0 Å². The molecular weight excluding hydrogens is 336 g/mol. The molecule has 2 N–H and O–H groups in total. The van der Waals surface area contributed by atoms with Gasteiger partial charge in [0.05, 0.1) is 6.26 Å². The summed E-state index contributed by atoms with van der Waals surface area (Å²) in [6, 6.07) is 0. The van der Waals surface area contributed by atoms with E-state index in [0.29, 0.717) is 19.0 Å². The average Bonchev–Trinajstić information content (AvgIpc) is 2.59. The Bertz CT molecular complexity index is 527. The van der Waals surface area contributed by atoms with Gasteiger partial charge >= 0.3 is 0 Å². The summed E-state index contributed by atoms with van der Waals surface area (Å²) in [5.41, 5.74) is 0. The highest BCUT2D eigenvalue weighted by atomic mass is 32.2. The van der Waals surface area contributed by atoms with Crippen LogP contribution in [0.15, 0.2) is 4.99 Å². The number of nitrogens with zero attached hydrogens (tertiary/aromatic N) is 2. The maximum atomic E-state index is 11.6. The molecule has 2 fully saturated rings. The van der Waals surface area contributed by atoms with Crippen molar-refractivity contribution in [3.05, 3.63) is 0 Å². The Morgan fingerprint density at radius 2 is 1.80 bits per heavy atom. The van der Waals surface area contributed by atoms with Crippen LogP contribution in [0, 0.1) is 17.8 Å². The highest BCUT2D eigenvalue weighted by Gasteiger charge is 2.25. The first-order valence-corrected chi connectivity index (χ1v) is 11.6. The first-order valence-electron chi connectivity index (χ1n) is 9.79. The maximum absolute atomic E-state index is 11.6. The second kappa shape index (κ2) is 9.76. The predicted molar refractivity (Wildman–Crippen MR) is 104 cm³/mol. The Hall–Kier alpha value is -0.820. The molecule has 1 heterocycles. The van der Waals surface area contributed by atoms with E-state index >= 15 is 0 Å². The molecule has 1 aliphatic heterocycles. The van der Waals surface area contributed by atoms with Crippen LogP contribution in [0.2, 0.25) is 0 Å². The van der Waals surface area contributed by atoms with Gasteiger partial charge in [-0.15, -0.1) is 0 Å². The van der Waals surface area contributed by atoms with Crippen molar-refractivity contribution in [3.63, 3.8) is 0 Å². The zero-order valence-electron chi connectivity index (χ0n) is 16.1. The highest BCUT2D eigenvalue weighted by Crippen LogP contribution is 2.31. The van der Waals surface area contributed by atoms with Gasteiger partial charge in [0.15, 0.2) is 5.96 Å². The second-order valence-corrected chi connectivity index (χ2v) is 9.78. The summed E-state index contributed by atoms with van der Waals surface area (Å²) in [7, 11) is -1.23. The first kappa shape index (κ1) is 20.5. The number of hydrogen-bond donors (Lipinski definition) is 2. The fourth-order valence-corrected chi connectivity index (χ4v) is 4.98. The van der Waals surface area contributed by atoms with Crippen molar-refractivity contribution in [2.75, 3.05) is 39.5 Å². The lowest BCUT2D eigenvalue weighted by molar-refractivity contribution is 0.242. The normalized spacial score (nSPS) is 27.2. The van der Waals surface area contributed by atoms with Crippen molar-refractivity contribution in [3.8, 4) is 0 Å². The molecule has 1 saturated heterocycles. The third-order valence-corrected chi connectivity index (χ3v) is 7.22. The van der Waals surface area contributed by atoms with Crippen LogP contribution in [0.1, 0.15) is 51.9 Å². The molecule has 2 atom stereocenters. The van der Waals surface area contributed by atoms with Gasteiger partial charge in [0.1, 0.15) is 0 Å². The minimum absolute atomic E-state index is 0.509. The SMILES string of the molecule is CN=C(NCCC1CCCCC1C)NCC1CCN(S(C)(=O)=O)CC1. The summed E-state index contributed by atoms with van der Waals surface area (Å²) in [5, 5.41) is 6.86. The number of nitrogens with one attached hydrogen (secondary N) is 2. The zero-order valence-corrected chi connectivity index (χ0v) is 16.9. The molecule has 0 amide bonds. The number of rotatable bonds is 6. The van der Waals surface area contributed by atoms with Crippen LogP contribution in [0.5, 0.6) is 0 Å². The number of sulfonamides is 1. The zero-order chi connectivity index (χ0) is 18.3. The van der Waals surface area contributed by atoms with Gasteiger partial charge in [-0.1, -0.05) is 32.6 Å². The van der Waals surface area contributed by atoms with Crippen LogP contribution in [-0.2, 0) is 10.0 Å². The van der Waals surface area contributed by atoms with E-state index in [4.69, 9.17) is 0 Å². The van der Waals surface area contributed by atoms with Crippen molar-refractivity contribution in [2.45, 2.75) is 51.9 Å². The lowest BCUT2D eigenvalue weighted by Gasteiger charge is -2.31. The van der Waals surface area contributed by atoms with Gasteiger partial charge in [0, 0.05) is 33.2 Å². The summed E-state index contributed by atoms with van der Waals surface area (Å²) in [4.78, 5) is 4.32. The molecule has 1 aliphatic carbocycles. The van der Waals surface area contributed by atoms with Crippen molar-refractivity contribution in [1.82, 2.24) is 14.9 Å². The molecule has 0 bridgehead atoms. The van der Waals surface area contributed by atoms with E-state index in [1.165, 1.54) is 38.4 Å². The molecule has 0 aromatic heterocycles. The van der Waals surface area contributed by atoms with Crippen LogP contribution in [0.3, 0.4) is 0 Å². The van der Waals surface area contributed by atoms with Gasteiger partial charge in [-0.2, -0.15) is 0 Å². The Morgan fingerprint density at radius 1 is 1.12 bits per heavy atom. The third-order valence-electron chi connectivity index (χ3n) is 5.92. The molecule has 2 rings (SSSR count). The summed E-state index contributed by atoms with van der Waals surface area (Å²) in [6.07, 6.45) is 9.87. The fourth-order valence-electron chi connectivity index (χ4n) is 4.10. The lowest BCUT2D eigenvalue weighted by Crippen LogP contribution is -2.44. The van der Waals surface area contributed by atoms with Gasteiger partial charge in [-0.3, -0.25) is 4.99 Å². The fraction of sp³-hybridized carbons (Fsp3) is 0.944. The summed E-state index contributed by atoms with van der Waals surface area (Å²) in [6.45, 7) is 5.49. The largest absolute Gasteiger partial charge is 0.356 e. The van der Waals surface area contributed by atoms with Gasteiger partial charge < -0.3 is 10.6 Å². The summed E-state index contributed by atoms with van der Waals surface area (Å²) < 4.78 is 24.7. The standard InChI is InChI=1S/C18H36N4O2S/c1-15-6-4-5-7-17(15)8-11-20-18(19-2)21-14-16-9-12-22(13-10-16)25(3,23)24/h15-17H,4-14H2,1-3H3,(H2,19,20,21). The minimum atomic E-state index is -3.04. The van der Waals surface area contributed by atoms with E-state index in [1.54, 1.807) is 4.31 Å². The van der Waals surface area contributed by atoms with E-state index in [1.807, 2.05) is 7.05 Å². The lowest BCUT2D eigenvalue weighted by atomic mass is 9.79. The molecule has 0 aromatic carbocycles. The van der Waals surface area contributed by atoms with Gasteiger partial charge in [0.25, 0.3) is 0 Å². The molecule has 146 valence electrons. The summed E-state index contributed by atoms with van der Waals surface area (Å²) >= 11 is 0. The monoisotopic (exact) mass is 372 g/mol. The molecule has 25 heavy (non-hydrogen) atoms. The first-order chi connectivity index (χ1) is 11.9. The van der Waals surface area contributed by atoms with E-state index in [2.05, 4.69) is 22.5 Å². The van der Waals surface area contributed by atoms with Crippen LogP contribution in [0.25, 0.3) is 0 Å². The Kier molecular flexibility index (Phi) is 8.00. The molecular formula is C18H36N4O2S. The quantitative estimate of drug-likeness (QED) is 0.553. The number of hydrogen-bond acceptors (Lipinski definition) is 3. The molecule has 7 heteroatoms. The average molecular weight is 373 g/mol. The predicted octanol–water partition coefficient (Wildman–Crippen LogP) is 2.04. The Labute approximate surface area is 153 Å². The van der Waals surface area contributed by atoms with Crippen molar-refractivity contribution in [2.24, 2.45) is 22.7 Å². The molecule has 1 saturated carbocycles. The topological polar surface area (TPSA) is 73.8 Å². The van der Waals surface area contributed by atoms with Gasteiger partial charge in [0.2, 0.25) is 10.0 Å². The van der Waals surface area contributed by atoms with E-state index < -0.39 is 10.0 Å². The van der Waals surface area contributed by atoms with Crippen molar-refractivity contribution < 1.29 is 8.42 Å². The molecule has 0 spiro atoms. The minimum Gasteiger partial charge on any atom is -0.356 e. The number of aliphatic imine (C=N–C) groups is 1. The maximum Gasteiger partial charge on any atom is 0.211 e. The van der Waals surface area contributed by atoms with Crippen LogP contribution in [-0.4, -0.2) is 58.2 Å². The molecule has 2 unspecified atom stereocenters. The van der Waals surface area contributed by atoms with Crippen LogP contribution >= 0.6 is 0 Å². The Morgan fingerprint density at radius 3 is 2.40 bits per heavy atom. The van der Waals surface area contributed by atoms with Crippen LogP contribution < -0.4 is 10.6 Å². The van der Waals surface area contributed by atoms with E-state index in [9.17, 15) is 8.42 Å². The molecule has 0 radical (unpaired) electrons. The van der Waals surface area contributed by atoms with E-state index in [0.717, 1.165) is 43.7 Å². The third kappa shape index (κ3) is 6.77. The van der Waals surface area contributed by atoms with Gasteiger partial charge in [-0.05, 0) is 37.0 Å². The molecule has 0 aromatic rings. The molecule has 2 aliphatic rings. The highest BCUT2D eigenvalue weighted by molar-refractivity contribution is 7.88. The molecule has 6 nitrogen and oxygen atoms in total. The number of guanidine groups is 1. The second-order valence-electron chi connectivity index (χ2n) is 7.80. The Balaban J connectivity index is 1.64. The van der Waals surface area contributed by atoms with Gasteiger partial charge in [-0.25, -0.2) is 12.7 Å². The summed E-state index contributed by atoms with van der Waals surface area (Å²) in [5.74, 6) is 3.08.